The standard InChI is InChI=1S/C28H35FO4/c1-17(2)23-13-11-18(3)15-26(23)33-28(31)20(5)32-27(30)19(4)22-12-14-24(25(29)16-22)21-9-7-6-8-10-21/h6-10,12,14,16-20,23,26H,11,13,15H2,1-5H3/t18-,19?,20?,23+,26-/m1/s1. The second kappa shape index (κ2) is 11.0. The minimum absolute atomic E-state index is 0.153. The van der Waals surface area contributed by atoms with Gasteiger partial charge in [-0.15, -0.1) is 0 Å². The quantitative estimate of drug-likeness (QED) is 0.446. The van der Waals surface area contributed by atoms with Gasteiger partial charge in [-0.1, -0.05) is 69.7 Å². The summed E-state index contributed by atoms with van der Waals surface area (Å²) in [6, 6.07) is 14.0. The molecule has 0 aromatic heterocycles. The molecule has 1 aliphatic carbocycles. The smallest absolute Gasteiger partial charge is 0.347 e. The van der Waals surface area contributed by atoms with Crippen LogP contribution in [0.5, 0.6) is 0 Å². The normalized spacial score (nSPS) is 22.5. The number of carbonyl (C=O) groups is 2. The molecule has 1 fully saturated rings. The molecule has 0 amide bonds. The zero-order valence-electron chi connectivity index (χ0n) is 20.2. The summed E-state index contributed by atoms with van der Waals surface area (Å²) in [5.74, 6) is -0.978. The molecule has 33 heavy (non-hydrogen) atoms. The van der Waals surface area contributed by atoms with Crippen LogP contribution in [0.1, 0.15) is 65.4 Å². The van der Waals surface area contributed by atoms with Crippen LogP contribution in [0.15, 0.2) is 48.5 Å². The lowest BCUT2D eigenvalue weighted by atomic mass is 9.75. The first-order valence-electron chi connectivity index (χ1n) is 11.9. The molecule has 0 aliphatic heterocycles. The first-order chi connectivity index (χ1) is 15.7. The van der Waals surface area contributed by atoms with Crippen LogP contribution in [-0.4, -0.2) is 24.1 Å². The Balaban J connectivity index is 1.62. The molecule has 1 saturated carbocycles. The molecule has 0 N–H and O–H groups in total. The maximum Gasteiger partial charge on any atom is 0.347 e. The molecule has 2 aromatic carbocycles. The lowest BCUT2D eigenvalue weighted by molar-refractivity contribution is -0.175. The average molecular weight is 455 g/mol. The molecule has 0 heterocycles. The van der Waals surface area contributed by atoms with Crippen molar-refractivity contribution in [3.05, 3.63) is 59.9 Å². The number of rotatable bonds is 7. The molecule has 3 rings (SSSR count). The van der Waals surface area contributed by atoms with Crippen LogP contribution in [0.4, 0.5) is 4.39 Å². The van der Waals surface area contributed by atoms with E-state index in [0.717, 1.165) is 24.8 Å². The maximum absolute atomic E-state index is 14.7. The molecule has 0 spiro atoms. The highest BCUT2D eigenvalue weighted by atomic mass is 19.1. The third-order valence-electron chi connectivity index (χ3n) is 6.79. The number of benzene rings is 2. The molecule has 0 bridgehead atoms. The second-order valence-electron chi connectivity index (χ2n) is 9.71. The van der Waals surface area contributed by atoms with E-state index in [2.05, 4.69) is 20.8 Å². The molecule has 0 saturated heterocycles. The van der Waals surface area contributed by atoms with Crippen LogP contribution in [0.25, 0.3) is 11.1 Å². The minimum atomic E-state index is -1.02. The minimum Gasteiger partial charge on any atom is -0.459 e. The molecular formula is C28H35FO4. The summed E-state index contributed by atoms with van der Waals surface area (Å²) in [6.07, 6.45) is 1.84. The fraction of sp³-hybridized carbons (Fsp3) is 0.500. The van der Waals surface area contributed by atoms with Gasteiger partial charge in [0.05, 0.1) is 5.92 Å². The third-order valence-corrected chi connectivity index (χ3v) is 6.79. The number of hydrogen-bond acceptors (Lipinski definition) is 4. The Hall–Kier alpha value is -2.69. The Morgan fingerprint density at radius 3 is 2.30 bits per heavy atom. The van der Waals surface area contributed by atoms with Gasteiger partial charge in [0, 0.05) is 5.56 Å². The number of ether oxygens (including phenoxy) is 2. The fourth-order valence-corrected chi connectivity index (χ4v) is 4.61. The predicted molar refractivity (Wildman–Crippen MR) is 127 cm³/mol. The molecule has 2 unspecified atom stereocenters. The molecule has 178 valence electrons. The van der Waals surface area contributed by atoms with Crippen molar-refractivity contribution in [2.45, 2.75) is 72.0 Å². The van der Waals surface area contributed by atoms with Crippen LogP contribution in [0.3, 0.4) is 0 Å². The van der Waals surface area contributed by atoms with Crippen molar-refractivity contribution in [3.8, 4) is 11.1 Å². The van der Waals surface area contributed by atoms with Gasteiger partial charge in [-0.05, 0) is 61.6 Å². The van der Waals surface area contributed by atoms with E-state index in [1.165, 1.54) is 13.0 Å². The molecule has 5 heteroatoms. The zero-order valence-corrected chi connectivity index (χ0v) is 20.2. The van der Waals surface area contributed by atoms with Crippen LogP contribution in [-0.2, 0) is 19.1 Å². The number of hydrogen-bond donors (Lipinski definition) is 0. The van der Waals surface area contributed by atoms with Gasteiger partial charge < -0.3 is 9.47 Å². The van der Waals surface area contributed by atoms with Crippen molar-refractivity contribution in [2.24, 2.45) is 17.8 Å². The largest absolute Gasteiger partial charge is 0.459 e. The van der Waals surface area contributed by atoms with Crippen LogP contribution >= 0.6 is 0 Å². The van der Waals surface area contributed by atoms with Crippen molar-refractivity contribution in [3.63, 3.8) is 0 Å². The van der Waals surface area contributed by atoms with Gasteiger partial charge in [-0.3, -0.25) is 4.79 Å². The molecular weight excluding hydrogens is 419 g/mol. The summed E-state index contributed by atoms with van der Waals surface area (Å²) >= 11 is 0. The number of halogens is 1. The third kappa shape index (κ3) is 6.21. The van der Waals surface area contributed by atoms with Crippen LogP contribution in [0.2, 0.25) is 0 Å². The summed E-state index contributed by atoms with van der Waals surface area (Å²) in [7, 11) is 0. The average Bonchev–Trinajstić information content (AvgIpc) is 2.78. The molecule has 1 aliphatic rings. The monoisotopic (exact) mass is 454 g/mol. The lowest BCUT2D eigenvalue weighted by Crippen LogP contribution is -2.39. The maximum atomic E-state index is 14.7. The first kappa shape index (κ1) is 24.9. The molecule has 0 radical (unpaired) electrons. The molecule has 5 atom stereocenters. The predicted octanol–water partition coefficient (Wildman–Crippen LogP) is 6.53. The fourth-order valence-electron chi connectivity index (χ4n) is 4.61. The molecule has 2 aromatic rings. The van der Waals surface area contributed by atoms with Gasteiger partial charge in [0.1, 0.15) is 11.9 Å². The Morgan fingerprint density at radius 1 is 0.970 bits per heavy atom. The summed E-state index contributed by atoms with van der Waals surface area (Å²) in [5.41, 5.74) is 1.74. The topological polar surface area (TPSA) is 52.6 Å². The highest BCUT2D eigenvalue weighted by Gasteiger charge is 2.35. The highest BCUT2D eigenvalue weighted by Crippen LogP contribution is 2.35. The van der Waals surface area contributed by atoms with Gasteiger partial charge in [0.2, 0.25) is 0 Å². The van der Waals surface area contributed by atoms with Gasteiger partial charge in [-0.2, -0.15) is 0 Å². The first-order valence-corrected chi connectivity index (χ1v) is 11.9. The van der Waals surface area contributed by atoms with E-state index < -0.39 is 29.8 Å². The number of esters is 2. The van der Waals surface area contributed by atoms with Crippen molar-refractivity contribution in [2.75, 3.05) is 0 Å². The van der Waals surface area contributed by atoms with Crippen molar-refractivity contribution in [1.82, 2.24) is 0 Å². The van der Waals surface area contributed by atoms with E-state index in [-0.39, 0.29) is 6.10 Å². The Morgan fingerprint density at radius 2 is 1.67 bits per heavy atom. The van der Waals surface area contributed by atoms with E-state index in [9.17, 15) is 14.0 Å². The zero-order chi connectivity index (χ0) is 24.1. The highest BCUT2D eigenvalue weighted by molar-refractivity contribution is 5.83. The van der Waals surface area contributed by atoms with Crippen molar-refractivity contribution in [1.29, 1.82) is 0 Å². The Bertz CT molecular complexity index is 956. The Labute approximate surface area is 196 Å². The van der Waals surface area contributed by atoms with E-state index in [4.69, 9.17) is 9.47 Å². The van der Waals surface area contributed by atoms with E-state index in [1.807, 2.05) is 30.3 Å². The van der Waals surface area contributed by atoms with E-state index in [1.54, 1.807) is 19.1 Å². The van der Waals surface area contributed by atoms with Crippen LogP contribution < -0.4 is 0 Å². The van der Waals surface area contributed by atoms with E-state index >= 15 is 0 Å². The van der Waals surface area contributed by atoms with Gasteiger partial charge in [0.25, 0.3) is 0 Å². The van der Waals surface area contributed by atoms with Crippen molar-refractivity contribution < 1.29 is 23.5 Å². The Kier molecular flexibility index (Phi) is 8.28. The summed E-state index contributed by atoms with van der Waals surface area (Å²) in [6.45, 7) is 9.64. The lowest BCUT2D eigenvalue weighted by Gasteiger charge is -2.37. The van der Waals surface area contributed by atoms with Gasteiger partial charge in [0.15, 0.2) is 6.10 Å². The van der Waals surface area contributed by atoms with Gasteiger partial charge in [-0.25, -0.2) is 9.18 Å². The van der Waals surface area contributed by atoms with Crippen LogP contribution in [0, 0.1) is 23.6 Å². The summed E-state index contributed by atoms with van der Waals surface area (Å²) in [5, 5.41) is 0. The second-order valence-corrected chi connectivity index (χ2v) is 9.71. The molecule has 4 nitrogen and oxygen atoms in total. The van der Waals surface area contributed by atoms with E-state index in [0.29, 0.717) is 28.9 Å². The summed E-state index contributed by atoms with van der Waals surface area (Å²) < 4.78 is 25.9. The SMILES string of the molecule is CC(OC(=O)C(C)c1ccc(-c2ccccc2)c(F)c1)C(=O)O[C@@H]1C[C@H](C)CC[C@H]1C(C)C. The number of carbonyl (C=O) groups excluding carboxylic acids is 2. The van der Waals surface area contributed by atoms with Gasteiger partial charge >= 0.3 is 11.9 Å². The van der Waals surface area contributed by atoms with Crippen molar-refractivity contribution >= 4 is 11.9 Å². The summed E-state index contributed by atoms with van der Waals surface area (Å²) in [4.78, 5) is 25.4.